The maximum Gasteiger partial charge on any atom is 0.272 e. The molecule has 6 heteroatoms. The fraction of sp³-hybridized carbons (Fsp3) is 0.400. The van der Waals surface area contributed by atoms with Gasteiger partial charge in [0.1, 0.15) is 5.82 Å². The molecule has 1 atom stereocenters. The molecule has 1 aromatic heterocycles. The minimum atomic E-state index is -0.361. The molecule has 21 heavy (non-hydrogen) atoms. The Balaban J connectivity index is 2.18. The van der Waals surface area contributed by atoms with Gasteiger partial charge in [-0.2, -0.15) is 0 Å². The van der Waals surface area contributed by atoms with Crippen LogP contribution in [0.3, 0.4) is 0 Å². The van der Waals surface area contributed by atoms with Crippen molar-refractivity contribution in [3.8, 4) is 11.3 Å². The van der Waals surface area contributed by atoms with E-state index in [9.17, 15) is 10.1 Å². The third-order valence-corrected chi connectivity index (χ3v) is 3.58. The topological polar surface area (TPSA) is 83.8 Å². The smallest absolute Gasteiger partial charge is 0.272 e. The van der Waals surface area contributed by atoms with Crippen LogP contribution >= 0.6 is 0 Å². The summed E-state index contributed by atoms with van der Waals surface area (Å²) in [6.45, 7) is 6.63. The number of nitro benzene ring substituents is 1. The molecule has 0 aliphatic heterocycles. The summed E-state index contributed by atoms with van der Waals surface area (Å²) >= 11 is 0. The molecule has 0 aliphatic carbocycles. The Morgan fingerprint density at radius 3 is 2.90 bits per heavy atom. The van der Waals surface area contributed by atoms with Crippen molar-refractivity contribution in [3.63, 3.8) is 0 Å². The Morgan fingerprint density at radius 2 is 2.24 bits per heavy atom. The lowest BCUT2D eigenvalue weighted by Gasteiger charge is -2.08. The van der Waals surface area contributed by atoms with Gasteiger partial charge in [-0.1, -0.05) is 19.1 Å². The molecule has 0 saturated heterocycles. The second kappa shape index (κ2) is 6.49. The van der Waals surface area contributed by atoms with Gasteiger partial charge in [0, 0.05) is 23.2 Å². The lowest BCUT2D eigenvalue weighted by Crippen LogP contribution is -2.24. The van der Waals surface area contributed by atoms with Crippen LogP contribution in [0.5, 0.6) is 0 Å². The zero-order chi connectivity index (χ0) is 15.4. The number of aryl methyl sites for hydroxylation is 1. The Labute approximate surface area is 123 Å². The molecule has 0 amide bonds. The van der Waals surface area contributed by atoms with E-state index in [1.165, 1.54) is 0 Å². The van der Waals surface area contributed by atoms with E-state index in [1.54, 1.807) is 25.3 Å². The summed E-state index contributed by atoms with van der Waals surface area (Å²) < 4.78 is 0. The third-order valence-electron chi connectivity index (χ3n) is 3.58. The predicted molar refractivity (Wildman–Crippen MR) is 82.0 cm³/mol. The summed E-state index contributed by atoms with van der Waals surface area (Å²) in [6.07, 6.45) is 2.76. The number of imidazole rings is 1. The van der Waals surface area contributed by atoms with E-state index in [0.29, 0.717) is 18.2 Å². The SMILES string of the molecule is CCC(C)NCc1ncc(-c2ccc(C)c([N+](=O)[O-])c2)[nH]1. The average Bonchev–Trinajstić information content (AvgIpc) is 2.93. The molecular formula is C15H20N4O2. The van der Waals surface area contributed by atoms with Crippen molar-refractivity contribution in [3.05, 3.63) is 45.9 Å². The highest BCUT2D eigenvalue weighted by Crippen LogP contribution is 2.25. The fourth-order valence-electron chi connectivity index (χ4n) is 1.99. The fourth-order valence-corrected chi connectivity index (χ4v) is 1.99. The molecule has 1 unspecified atom stereocenters. The highest BCUT2D eigenvalue weighted by atomic mass is 16.6. The van der Waals surface area contributed by atoms with Crippen LogP contribution < -0.4 is 5.32 Å². The Morgan fingerprint density at radius 1 is 1.48 bits per heavy atom. The van der Waals surface area contributed by atoms with E-state index < -0.39 is 0 Å². The molecule has 0 fully saturated rings. The van der Waals surface area contributed by atoms with Gasteiger partial charge in [0.15, 0.2) is 0 Å². The summed E-state index contributed by atoms with van der Waals surface area (Å²) in [4.78, 5) is 18.1. The van der Waals surface area contributed by atoms with Crippen LogP contribution in [-0.2, 0) is 6.54 Å². The van der Waals surface area contributed by atoms with Crippen molar-refractivity contribution in [2.45, 2.75) is 39.8 Å². The van der Waals surface area contributed by atoms with Gasteiger partial charge in [-0.3, -0.25) is 10.1 Å². The van der Waals surface area contributed by atoms with Gasteiger partial charge >= 0.3 is 0 Å². The average molecular weight is 288 g/mol. The molecular weight excluding hydrogens is 268 g/mol. The molecule has 112 valence electrons. The molecule has 2 aromatic rings. The first-order valence-electron chi connectivity index (χ1n) is 7.04. The number of nitro groups is 1. The van der Waals surface area contributed by atoms with Crippen LogP contribution in [0.1, 0.15) is 31.7 Å². The Kier molecular flexibility index (Phi) is 4.70. The Bertz CT molecular complexity index is 636. The third kappa shape index (κ3) is 3.66. The Hall–Kier alpha value is -2.21. The van der Waals surface area contributed by atoms with Crippen molar-refractivity contribution in [1.82, 2.24) is 15.3 Å². The van der Waals surface area contributed by atoms with Crippen molar-refractivity contribution in [2.24, 2.45) is 0 Å². The molecule has 0 saturated carbocycles. The van der Waals surface area contributed by atoms with E-state index in [4.69, 9.17) is 0 Å². The number of H-pyrrole nitrogens is 1. The summed E-state index contributed by atoms with van der Waals surface area (Å²) in [5, 5.41) is 14.3. The number of hydrogen-bond donors (Lipinski definition) is 2. The van der Waals surface area contributed by atoms with Crippen LogP contribution in [0.2, 0.25) is 0 Å². The van der Waals surface area contributed by atoms with E-state index in [-0.39, 0.29) is 10.6 Å². The lowest BCUT2D eigenvalue weighted by molar-refractivity contribution is -0.385. The van der Waals surface area contributed by atoms with Gasteiger partial charge in [-0.25, -0.2) is 4.98 Å². The summed E-state index contributed by atoms with van der Waals surface area (Å²) in [6, 6.07) is 5.63. The van der Waals surface area contributed by atoms with E-state index in [2.05, 4.69) is 29.1 Å². The van der Waals surface area contributed by atoms with Crippen molar-refractivity contribution < 1.29 is 4.92 Å². The monoisotopic (exact) mass is 288 g/mol. The second-order valence-electron chi connectivity index (χ2n) is 5.19. The minimum absolute atomic E-state index is 0.126. The largest absolute Gasteiger partial charge is 0.341 e. The minimum Gasteiger partial charge on any atom is -0.341 e. The zero-order valence-electron chi connectivity index (χ0n) is 12.5. The maximum atomic E-state index is 11.0. The van der Waals surface area contributed by atoms with E-state index in [0.717, 1.165) is 23.5 Å². The standard InChI is InChI=1S/C15H20N4O2/c1-4-11(3)16-9-15-17-8-13(18-15)12-6-5-10(2)14(7-12)19(20)21/h5-8,11,16H,4,9H2,1-3H3,(H,17,18). The van der Waals surface area contributed by atoms with E-state index in [1.807, 2.05) is 6.07 Å². The van der Waals surface area contributed by atoms with Crippen molar-refractivity contribution in [1.29, 1.82) is 0 Å². The number of benzene rings is 1. The number of nitrogens with one attached hydrogen (secondary N) is 2. The molecule has 0 spiro atoms. The molecule has 1 aromatic carbocycles. The second-order valence-corrected chi connectivity index (χ2v) is 5.19. The van der Waals surface area contributed by atoms with Gasteiger partial charge in [0.2, 0.25) is 0 Å². The number of rotatable bonds is 6. The van der Waals surface area contributed by atoms with Crippen molar-refractivity contribution in [2.75, 3.05) is 0 Å². The molecule has 0 radical (unpaired) electrons. The van der Waals surface area contributed by atoms with Crippen LogP contribution in [0, 0.1) is 17.0 Å². The highest BCUT2D eigenvalue weighted by molar-refractivity contribution is 5.63. The highest BCUT2D eigenvalue weighted by Gasteiger charge is 2.13. The number of aromatic nitrogens is 2. The molecule has 1 heterocycles. The van der Waals surface area contributed by atoms with Crippen LogP contribution in [0.25, 0.3) is 11.3 Å². The number of hydrogen-bond acceptors (Lipinski definition) is 4. The van der Waals surface area contributed by atoms with Gasteiger partial charge < -0.3 is 10.3 Å². The first-order chi connectivity index (χ1) is 10.0. The van der Waals surface area contributed by atoms with E-state index >= 15 is 0 Å². The normalized spacial score (nSPS) is 12.3. The van der Waals surface area contributed by atoms with Gasteiger partial charge in [0.25, 0.3) is 5.69 Å². The van der Waals surface area contributed by atoms with Crippen LogP contribution in [0.4, 0.5) is 5.69 Å². The van der Waals surface area contributed by atoms with Gasteiger partial charge in [0.05, 0.1) is 23.4 Å². The van der Waals surface area contributed by atoms with Gasteiger partial charge in [-0.05, 0) is 20.3 Å². The van der Waals surface area contributed by atoms with Crippen LogP contribution in [0.15, 0.2) is 24.4 Å². The van der Waals surface area contributed by atoms with Crippen molar-refractivity contribution >= 4 is 5.69 Å². The number of aromatic amines is 1. The first-order valence-corrected chi connectivity index (χ1v) is 7.04. The molecule has 2 rings (SSSR count). The predicted octanol–water partition coefficient (Wildman–Crippen LogP) is 3.18. The summed E-state index contributed by atoms with van der Waals surface area (Å²) in [5.41, 5.74) is 2.34. The molecule has 0 bridgehead atoms. The van der Waals surface area contributed by atoms with Gasteiger partial charge in [-0.15, -0.1) is 0 Å². The number of nitrogens with zero attached hydrogens (tertiary/aromatic N) is 2. The molecule has 0 aliphatic rings. The quantitative estimate of drug-likeness (QED) is 0.631. The maximum absolute atomic E-state index is 11.0. The lowest BCUT2D eigenvalue weighted by atomic mass is 10.1. The molecule has 2 N–H and O–H groups in total. The summed E-state index contributed by atoms with van der Waals surface area (Å²) in [7, 11) is 0. The van der Waals surface area contributed by atoms with Crippen LogP contribution in [-0.4, -0.2) is 20.9 Å². The zero-order valence-corrected chi connectivity index (χ0v) is 12.5. The molecule has 6 nitrogen and oxygen atoms in total. The summed E-state index contributed by atoms with van der Waals surface area (Å²) in [5.74, 6) is 0.827. The first kappa shape index (κ1) is 15.2.